The molecule has 0 fully saturated rings. The fourth-order valence-corrected chi connectivity index (χ4v) is 4.06. The van der Waals surface area contributed by atoms with Crippen molar-refractivity contribution in [2.75, 3.05) is 12.9 Å². The molecule has 0 spiro atoms. The molecule has 0 aliphatic rings. The number of carbonyl (C=O) groups excluding carboxylic acids is 1. The van der Waals surface area contributed by atoms with Gasteiger partial charge in [-0.1, -0.05) is 19.1 Å². The van der Waals surface area contributed by atoms with Gasteiger partial charge in [-0.25, -0.2) is 27.6 Å². The first-order chi connectivity index (χ1) is 11.3. The highest BCUT2D eigenvalue weighted by atomic mass is 32.2. The maximum absolute atomic E-state index is 12.9. The van der Waals surface area contributed by atoms with Crippen LogP contribution in [0.5, 0.6) is 0 Å². The highest BCUT2D eigenvalue weighted by molar-refractivity contribution is 7.91. The van der Waals surface area contributed by atoms with E-state index in [2.05, 4.69) is 14.7 Å². The molecule has 1 aromatic heterocycles. The Morgan fingerprint density at radius 2 is 1.96 bits per heavy atom. The predicted molar refractivity (Wildman–Crippen MR) is 84.7 cm³/mol. The molecule has 128 valence electrons. The van der Waals surface area contributed by atoms with Gasteiger partial charge < -0.3 is 4.74 Å². The summed E-state index contributed by atoms with van der Waals surface area (Å²) in [7, 11) is -2.64. The van der Waals surface area contributed by atoms with Crippen LogP contribution in [0.4, 0.5) is 4.39 Å². The molecule has 24 heavy (non-hydrogen) atoms. The summed E-state index contributed by atoms with van der Waals surface area (Å²) >= 11 is 0. The van der Waals surface area contributed by atoms with Crippen LogP contribution < -0.4 is 0 Å². The Morgan fingerprint density at radius 1 is 1.29 bits per heavy atom. The van der Waals surface area contributed by atoms with E-state index >= 15 is 0 Å². The average Bonchev–Trinajstić information content (AvgIpc) is 2.55. The van der Waals surface area contributed by atoms with Gasteiger partial charge in [0, 0.05) is 6.20 Å². The Kier molecular flexibility index (Phi) is 5.61. The van der Waals surface area contributed by atoms with Gasteiger partial charge in [-0.05, 0) is 30.0 Å². The number of carbonyl (C=O) groups is 1. The van der Waals surface area contributed by atoms with Crippen molar-refractivity contribution >= 4 is 15.8 Å². The minimum atomic E-state index is -3.80. The van der Waals surface area contributed by atoms with E-state index in [9.17, 15) is 17.6 Å². The fourth-order valence-electron chi connectivity index (χ4n) is 2.35. The fraction of sp³-hybridized carbons (Fsp3) is 0.312. The summed E-state index contributed by atoms with van der Waals surface area (Å²) in [6.45, 7) is 1.76. The van der Waals surface area contributed by atoms with Crippen molar-refractivity contribution in [3.63, 3.8) is 0 Å². The smallest absolute Gasteiger partial charge is 0.342 e. The lowest BCUT2D eigenvalue weighted by molar-refractivity contribution is 0.0594. The number of halogens is 1. The molecule has 0 N–H and O–H groups in total. The first-order valence-electron chi connectivity index (χ1n) is 7.19. The van der Waals surface area contributed by atoms with Gasteiger partial charge >= 0.3 is 5.97 Å². The van der Waals surface area contributed by atoms with E-state index in [4.69, 9.17) is 0 Å². The molecule has 0 amide bonds. The van der Waals surface area contributed by atoms with Gasteiger partial charge in [0.15, 0.2) is 14.9 Å². The Morgan fingerprint density at radius 3 is 2.58 bits per heavy atom. The molecule has 8 heteroatoms. The summed E-state index contributed by atoms with van der Waals surface area (Å²) < 4.78 is 42.6. The maximum Gasteiger partial charge on any atom is 0.342 e. The lowest BCUT2D eigenvalue weighted by atomic mass is 10.0. The molecule has 6 nitrogen and oxygen atoms in total. The average molecular weight is 352 g/mol. The normalized spacial score (nSPS) is 12.6. The molecule has 1 atom stereocenters. The van der Waals surface area contributed by atoms with Crippen LogP contribution >= 0.6 is 0 Å². The van der Waals surface area contributed by atoms with E-state index in [0.29, 0.717) is 6.42 Å². The van der Waals surface area contributed by atoms with Crippen LogP contribution in [0.2, 0.25) is 0 Å². The number of benzene rings is 1. The second-order valence-electron chi connectivity index (χ2n) is 5.45. The summed E-state index contributed by atoms with van der Waals surface area (Å²) in [5.74, 6) is -1.60. The predicted octanol–water partition coefficient (Wildman–Crippen LogP) is 2.05. The molecule has 0 saturated carbocycles. The molecule has 1 heterocycles. The van der Waals surface area contributed by atoms with Gasteiger partial charge in [0.25, 0.3) is 0 Å². The van der Waals surface area contributed by atoms with Gasteiger partial charge in [0.1, 0.15) is 17.7 Å². The minimum Gasteiger partial charge on any atom is -0.465 e. The number of nitrogens with zero attached hydrogens (tertiary/aromatic N) is 2. The Labute approximate surface area is 139 Å². The van der Waals surface area contributed by atoms with Crippen molar-refractivity contribution in [2.24, 2.45) is 5.92 Å². The second kappa shape index (κ2) is 7.48. The summed E-state index contributed by atoms with van der Waals surface area (Å²) in [6.07, 6.45) is 2.65. The van der Waals surface area contributed by atoms with Crippen LogP contribution in [0, 0.1) is 11.7 Å². The van der Waals surface area contributed by atoms with Crippen LogP contribution in [0.1, 0.15) is 22.8 Å². The van der Waals surface area contributed by atoms with Crippen molar-refractivity contribution in [3.05, 3.63) is 53.7 Å². The number of esters is 1. The first kappa shape index (κ1) is 18.0. The Hall–Kier alpha value is -2.35. The van der Waals surface area contributed by atoms with Crippen molar-refractivity contribution in [2.45, 2.75) is 18.4 Å². The van der Waals surface area contributed by atoms with E-state index in [0.717, 1.165) is 25.2 Å². The van der Waals surface area contributed by atoms with E-state index in [1.54, 1.807) is 19.1 Å². The highest BCUT2D eigenvalue weighted by Crippen LogP contribution is 2.19. The maximum atomic E-state index is 12.9. The van der Waals surface area contributed by atoms with Crippen LogP contribution in [-0.2, 0) is 21.0 Å². The lowest BCUT2D eigenvalue weighted by Gasteiger charge is -2.13. The molecule has 1 aromatic carbocycles. The molecule has 0 radical (unpaired) electrons. The molecule has 0 saturated heterocycles. The van der Waals surface area contributed by atoms with Gasteiger partial charge in [-0.2, -0.15) is 0 Å². The van der Waals surface area contributed by atoms with Gasteiger partial charge in [-0.3, -0.25) is 0 Å². The van der Waals surface area contributed by atoms with Crippen LogP contribution in [0.25, 0.3) is 0 Å². The standard InChI is InChI=1S/C16H17FN2O4S/c1-11(7-12-3-5-13(17)6-4-12)9-24(21,22)15-14(16(20)23-2)8-18-10-19-15/h3-6,8,10-11H,7,9H2,1-2H3. The van der Waals surface area contributed by atoms with Crippen molar-refractivity contribution in [1.29, 1.82) is 0 Å². The minimum absolute atomic E-state index is 0.186. The SMILES string of the molecule is COC(=O)c1cncnc1S(=O)(=O)CC(C)Cc1ccc(F)cc1. The number of rotatable bonds is 6. The Balaban J connectivity index is 2.19. The molecule has 1 unspecified atom stereocenters. The van der Waals surface area contributed by atoms with E-state index in [1.807, 2.05) is 0 Å². The van der Waals surface area contributed by atoms with Crippen molar-refractivity contribution in [3.8, 4) is 0 Å². The molecule has 2 aromatic rings. The molecule has 0 bridgehead atoms. The zero-order valence-corrected chi connectivity index (χ0v) is 14.1. The lowest BCUT2D eigenvalue weighted by Crippen LogP contribution is -2.20. The molecular weight excluding hydrogens is 335 g/mol. The molecule has 0 aliphatic carbocycles. The summed E-state index contributed by atoms with van der Waals surface area (Å²) in [5, 5.41) is -0.338. The number of hydrogen-bond donors (Lipinski definition) is 0. The zero-order chi connectivity index (χ0) is 17.7. The number of hydrogen-bond acceptors (Lipinski definition) is 6. The highest BCUT2D eigenvalue weighted by Gasteiger charge is 2.27. The first-order valence-corrected chi connectivity index (χ1v) is 8.84. The number of ether oxygens (including phenoxy) is 1. The topological polar surface area (TPSA) is 86.2 Å². The quantitative estimate of drug-likeness (QED) is 0.584. The molecular formula is C16H17FN2O4S. The van der Waals surface area contributed by atoms with Crippen molar-refractivity contribution in [1.82, 2.24) is 9.97 Å². The third kappa shape index (κ3) is 4.35. The summed E-state index contributed by atoms with van der Waals surface area (Å²) in [6, 6.07) is 5.89. The monoisotopic (exact) mass is 352 g/mol. The van der Waals surface area contributed by atoms with Gasteiger partial charge in [0.2, 0.25) is 0 Å². The third-order valence-electron chi connectivity index (χ3n) is 3.38. The number of sulfone groups is 1. The largest absolute Gasteiger partial charge is 0.465 e. The van der Waals surface area contributed by atoms with Gasteiger partial charge in [0.05, 0.1) is 12.9 Å². The Bertz CT molecular complexity index is 822. The zero-order valence-electron chi connectivity index (χ0n) is 13.3. The van der Waals surface area contributed by atoms with E-state index in [1.165, 1.54) is 12.1 Å². The van der Waals surface area contributed by atoms with Crippen molar-refractivity contribution < 1.29 is 22.3 Å². The van der Waals surface area contributed by atoms with Crippen LogP contribution in [0.15, 0.2) is 41.8 Å². The summed E-state index contributed by atoms with van der Waals surface area (Å²) in [5.41, 5.74) is 0.643. The number of methoxy groups -OCH3 is 1. The summed E-state index contributed by atoms with van der Waals surface area (Å²) in [4.78, 5) is 19.1. The molecule has 2 rings (SSSR count). The van der Waals surface area contributed by atoms with E-state index in [-0.39, 0.29) is 28.1 Å². The van der Waals surface area contributed by atoms with Crippen LogP contribution in [-0.4, -0.2) is 37.2 Å². The molecule has 0 aliphatic heterocycles. The second-order valence-corrected chi connectivity index (χ2v) is 7.40. The van der Waals surface area contributed by atoms with Gasteiger partial charge in [-0.15, -0.1) is 0 Å². The number of aromatic nitrogens is 2. The van der Waals surface area contributed by atoms with E-state index < -0.39 is 15.8 Å². The third-order valence-corrected chi connectivity index (χ3v) is 5.30. The van der Waals surface area contributed by atoms with Crippen LogP contribution in [0.3, 0.4) is 0 Å².